The standard InChI is InChI=1S/C15H23ClN2/c1-12(8-13-4-2-6-15(16)9-13)18-11-14-5-3-7-17-10-14/h2,4,6,9,12,14,17-18H,3,5,7-8,10-11H2,1H3. The van der Waals surface area contributed by atoms with E-state index in [4.69, 9.17) is 11.6 Å². The van der Waals surface area contributed by atoms with Crippen molar-refractivity contribution < 1.29 is 0 Å². The molecule has 1 aromatic carbocycles. The number of piperidine rings is 1. The van der Waals surface area contributed by atoms with E-state index in [-0.39, 0.29) is 0 Å². The lowest BCUT2D eigenvalue weighted by molar-refractivity contribution is 0.346. The molecule has 2 nitrogen and oxygen atoms in total. The largest absolute Gasteiger partial charge is 0.316 e. The van der Waals surface area contributed by atoms with Crippen molar-refractivity contribution in [2.75, 3.05) is 19.6 Å². The molecular weight excluding hydrogens is 244 g/mol. The van der Waals surface area contributed by atoms with E-state index in [2.05, 4.69) is 29.7 Å². The predicted octanol–water partition coefficient (Wildman–Crippen LogP) is 2.86. The van der Waals surface area contributed by atoms with Gasteiger partial charge in [-0.05, 0) is 69.4 Å². The molecular formula is C15H23ClN2. The Morgan fingerprint density at radius 1 is 1.50 bits per heavy atom. The van der Waals surface area contributed by atoms with Gasteiger partial charge in [0, 0.05) is 11.1 Å². The minimum absolute atomic E-state index is 0.505. The van der Waals surface area contributed by atoms with Gasteiger partial charge in [0.05, 0.1) is 0 Å². The molecule has 1 aliphatic heterocycles. The first-order valence-corrected chi connectivity index (χ1v) is 7.30. The van der Waals surface area contributed by atoms with Crippen LogP contribution in [0.2, 0.25) is 5.02 Å². The third kappa shape index (κ3) is 4.60. The number of nitrogens with one attached hydrogen (secondary N) is 2. The number of halogens is 1. The van der Waals surface area contributed by atoms with Gasteiger partial charge in [-0.2, -0.15) is 0 Å². The quantitative estimate of drug-likeness (QED) is 0.856. The van der Waals surface area contributed by atoms with Crippen molar-refractivity contribution in [2.45, 2.75) is 32.2 Å². The van der Waals surface area contributed by atoms with Crippen LogP contribution in [0.25, 0.3) is 0 Å². The normalized spacial score (nSPS) is 21.8. The monoisotopic (exact) mass is 266 g/mol. The van der Waals surface area contributed by atoms with Crippen LogP contribution in [0.4, 0.5) is 0 Å². The topological polar surface area (TPSA) is 24.1 Å². The Morgan fingerprint density at radius 2 is 2.39 bits per heavy atom. The van der Waals surface area contributed by atoms with E-state index < -0.39 is 0 Å². The van der Waals surface area contributed by atoms with Gasteiger partial charge in [-0.25, -0.2) is 0 Å². The fraction of sp³-hybridized carbons (Fsp3) is 0.600. The Hall–Kier alpha value is -0.570. The molecule has 0 radical (unpaired) electrons. The predicted molar refractivity (Wildman–Crippen MR) is 78.2 cm³/mol. The molecule has 1 saturated heterocycles. The van der Waals surface area contributed by atoms with Crippen LogP contribution in [0.3, 0.4) is 0 Å². The lowest BCUT2D eigenvalue weighted by Crippen LogP contribution is -2.39. The first kappa shape index (κ1) is 13.9. The molecule has 2 unspecified atom stereocenters. The molecule has 1 aliphatic rings. The Bertz CT molecular complexity index is 361. The van der Waals surface area contributed by atoms with E-state index in [1.165, 1.54) is 24.9 Å². The summed E-state index contributed by atoms with van der Waals surface area (Å²) in [6.45, 7) is 5.72. The van der Waals surface area contributed by atoms with Crippen molar-refractivity contribution in [1.82, 2.24) is 10.6 Å². The van der Waals surface area contributed by atoms with E-state index in [9.17, 15) is 0 Å². The third-order valence-corrected chi connectivity index (χ3v) is 3.82. The molecule has 100 valence electrons. The summed E-state index contributed by atoms with van der Waals surface area (Å²) < 4.78 is 0. The second kappa shape index (κ2) is 7.13. The molecule has 2 rings (SSSR count). The van der Waals surface area contributed by atoms with E-state index in [1.54, 1.807) is 0 Å². The van der Waals surface area contributed by atoms with Gasteiger partial charge in [-0.1, -0.05) is 23.7 Å². The molecule has 2 N–H and O–H groups in total. The molecule has 0 aromatic heterocycles. The van der Waals surface area contributed by atoms with Crippen molar-refractivity contribution in [1.29, 1.82) is 0 Å². The first-order chi connectivity index (χ1) is 8.74. The summed E-state index contributed by atoms with van der Waals surface area (Å²) in [5, 5.41) is 7.93. The molecule has 3 heteroatoms. The molecule has 18 heavy (non-hydrogen) atoms. The first-order valence-electron chi connectivity index (χ1n) is 6.92. The number of hydrogen-bond donors (Lipinski definition) is 2. The van der Waals surface area contributed by atoms with Crippen LogP contribution in [0.15, 0.2) is 24.3 Å². The molecule has 0 bridgehead atoms. The Balaban J connectivity index is 1.72. The second-order valence-corrected chi connectivity index (χ2v) is 5.79. The molecule has 0 amide bonds. The van der Waals surface area contributed by atoms with Gasteiger partial charge in [0.1, 0.15) is 0 Å². The third-order valence-electron chi connectivity index (χ3n) is 3.58. The highest BCUT2D eigenvalue weighted by Gasteiger charge is 2.13. The highest BCUT2D eigenvalue weighted by molar-refractivity contribution is 6.30. The second-order valence-electron chi connectivity index (χ2n) is 5.36. The van der Waals surface area contributed by atoms with Gasteiger partial charge in [0.2, 0.25) is 0 Å². The van der Waals surface area contributed by atoms with E-state index in [0.717, 1.165) is 30.5 Å². The zero-order valence-corrected chi connectivity index (χ0v) is 11.8. The maximum absolute atomic E-state index is 6.00. The molecule has 0 aliphatic carbocycles. The van der Waals surface area contributed by atoms with Crippen molar-refractivity contribution in [3.05, 3.63) is 34.9 Å². The summed E-state index contributed by atoms with van der Waals surface area (Å²) in [4.78, 5) is 0. The minimum Gasteiger partial charge on any atom is -0.316 e. The molecule has 0 saturated carbocycles. The number of hydrogen-bond acceptors (Lipinski definition) is 2. The van der Waals surface area contributed by atoms with Gasteiger partial charge >= 0.3 is 0 Å². The SMILES string of the molecule is CC(Cc1cccc(Cl)c1)NCC1CCCNC1. The van der Waals surface area contributed by atoms with Crippen LogP contribution in [-0.2, 0) is 6.42 Å². The van der Waals surface area contributed by atoms with Crippen LogP contribution in [0, 0.1) is 5.92 Å². The van der Waals surface area contributed by atoms with Gasteiger partial charge < -0.3 is 10.6 Å². The molecule has 1 aromatic rings. The van der Waals surface area contributed by atoms with Gasteiger partial charge in [-0.15, -0.1) is 0 Å². The summed E-state index contributed by atoms with van der Waals surface area (Å²) in [5.74, 6) is 0.792. The lowest BCUT2D eigenvalue weighted by Gasteiger charge is -2.25. The van der Waals surface area contributed by atoms with Crippen LogP contribution in [0.5, 0.6) is 0 Å². The van der Waals surface area contributed by atoms with Gasteiger partial charge in [0.25, 0.3) is 0 Å². The highest BCUT2D eigenvalue weighted by atomic mass is 35.5. The molecule has 1 heterocycles. The van der Waals surface area contributed by atoms with Crippen LogP contribution < -0.4 is 10.6 Å². The average Bonchev–Trinajstić information content (AvgIpc) is 2.38. The molecule has 0 spiro atoms. The van der Waals surface area contributed by atoms with E-state index in [0.29, 0.717) is 6.04 Å². The number of benzene rings is 1. The van der Waals surface area contributed by atoms with Gasteiger partial charge in [-0.3, -0.25) is 0 Å². The number of rotatable bonds is 5. The van der Waals surface area contributed by atoms with Crippen molar-refractivity contribution in [3.8, 4) is 0 Å². The summed E-state index contributed by atoms with van der Waals surface area (Å²) in [6, 6.07) is 8.66. The van der Waals surface area contributed by atoms with Crippen molar-refractivity contribution in [2.24, 2.45) is 5.92 Å². The zero-order valence-electron chi connectivity index (χ0n) is 11.1. The Morgan fingerprint density at radius 3 is 3.11 bits per heavy atom. The highest BCUT2D eigenvalue weighted by Crippen LogP contribution is 2.13. The van der Waals surface area contributed by atoms with Crippen LogP contribution in [-0.4, -0.2) is 25.7 Å². The fourth-order valence-corrected chi connectivity index (χ4v) is 2.77. The summed E-state index contributed by atoms with van der Waals surface area (Å²) in [6.07, 6.45) is 3.71. The molecule has 2 atom stereocenters. The maximum Gasteiger partial charge on any atom is 0.0408 e. The Labute approximate surface area is 115 Å². The fourth-order valence-electron chi connectivity index (χ4n) is 2.56. The zero-order chi connectivity index (χ0) is 12.8. The molecule has 1 fully saturated rings. The average molecular weight is 267 g/mol. The maximum atomic E-state index is 6.00. The van der Waals surface area contributed by atoms with Crippen LogP contribution >= 0.6 is 11.6 Å². The van der Waals surface area contributed by atoms with Crippen LogP contribution in [0.1, 0.15) is 25.3 Å². The minimum atomic E-state index is 0.505. The summed E-state index contributed by atoms with van der Waals surface area (Å²) >= 11 is 6.00. The summed E-state index contributed by atoms with van der Waals surface area (Å²) in [7, 11) is 0. The van der Waals surface area contributed by atoms with Crippen molar-refractivity contribution >= 4 is 11.6 Å². The lowest BCUT2D eigenvalue weighted by atomic mass is 9.99. The summed E-state index contributed by atoms with van der Waals surface area (Å²) in [5.41, 5.74) is 1.31. The smallest absolute Gasteiger partial charge is 0.0408 e. The van der Waals surface area contributed by atoms with E-state index in [1.807, 2.05) is 12.1 Å². The van der Waals surface area contributed by atoms with E-state index >= 15 is 0 Å². The Kier molecular flexibility index (Phi) is 5.48. The van der Waals surface area contributed by atoms with Gasteiger partial charge in [0.15, 0.2) is 0 Å². The van der Waals surface area contributed by atoms with Crippen molar-refractivity contribution in [3.63, 3.8) is 0 Å².